The van der Waals surface area contributed by atoms with Crippen LogP contribution in [0.4, 0.5) is 4.39 Å². The molecule has 1 saturated carbocycles. The van der Waals surface area contributed by atoms with E-state index in [0.29, 0.717) is 18.8 Å². The fourth-order valence-electron chi connectivity index (χ4n) is 5.04. The molecule has 0 spiro atoms. The summed E-state index contributed by atoms with van der Waals surface area (Å²) in [4.78, 5) is 4.76. The number of benzene rings is 3. The summed E-state index contributed by atoms with van der Waals surface area (Å²) >= 11 is 0. The number of halogens is 1. The molecule has 0 bridgehead atoms. The van der Waals surface area contributed by atoms with Crippen molar-refractivity contribution in [3.05, 3.63) is 78.0 Å². The van der Waals surface area contributed by atoms with Crippen molar-refractivity contribution in [2.75, 3.05) is 0 Å². The summed E-state index contributed by atoms with van der Waals surface area (Å²) in [6.45, 7) is 2.11. The molecule has 0 saturated heterocycles. The van der Waals surface area contributed by atoms with Gasteiger partial charge in [-0.1, -0.05) is 36.4 Å². The molecule has 1 aliphatic rings. The van der Waals surface area contributed by atoms with Gasteiger partial charge < -0.3 is 4.42 Å². The monoisotopic (exact) mass is 395 g/mol. The standard InChI is InChI=1S/C27H22FNO/c1-16-12-23-22-4-2-3-5-25(22)30-27(23)24(13-16)26-21-9-7-17(14-19(21)10-11-29-26)18-6-8-20(28)15-18/h2-5,7,9-14,18,20H,6,8,15H2,1H3. The van der Waals surface area contributed by atoms with Gasteiger partial charge in [0.15, 0.2) is 0 Å². The van der Waals surface area contributed by atoms with Gasteiger partial charge in [-0.2, -0.15) is 0 Å². The Bertz CT molecular complexity index is 1420. The molecule has 1 fully saturated rings. The minimum Gasteiger partial charge on any atom is -0.455 e. The molecular weight excluding hydrogens is 373 g/mol. The first kappa shape index (κ1) is 17.6. The lowest BCUT2D eigenvalue weighted by Gasteiger charge is -2.13. The highest BCUT2D eigenvalue weighted by molar-refractivity contribution is 6.11. The number of furan rings is 1. The number of fused-ring (bicyclic) bond motifs is 4. The van der Waals surface area contributed by atoms with Gasteiger partial charge in [0.1, 0.15) is 17.3 Å². The molecule has 2 unspecified atom stereocenters. The van der Waals surface area contributed by atoms with Crippen molar-refractivity contribution < 1.29 is 8.81 Å². The molecule has 3 heteroatoms. The van der Waals surface area contributed by atoms with Crippen molar-refractivity contribution >= 4 is 32.7 Å². The van der Waals surface area contributed by atoms with E-state index in [4.69, 9.17) is 9.40 Å². The molecule has 0 aliphatic heterocycles. The fraction of sp³-hybridized carbons (Fsp3) is 0.222. The Hall–Kier alpha value is -3.20. The fourth-order valence-corrected chi connectivity index (χ4v) is 5.04. The number of aromatic nitrogens is 1. The summed E-state index contributed by atoms with van der Waals surface area (Å²) in [7, 11) is 0. The second-order valence-electron chi connectivity index (χ2n) is 8.53. The number of hydrogen-bond acceptors (Lipinski definition) is 2. The molecule has 2 aromatic heterocycles. The first-order valence-corrected chi connectivity index (χ1v) is 10.6. The van der Waals surface area contributed by atoms with Crippen molar-refractivity contribution in [3.8, 4) is 11.3 Å². The highest BCUT2D eigenvalue weighted by Gasteiger charge is 2.26. The van der Waals surface area contributed by atoms with E-state index in [0.717, 1.165) is 50.4 Å². The third-order valence-corrected chi connectivity index (χ3v) is 6.51. The van der Waals surface area contributed by atoms with Crippen LogP contribution in [0.25, 0.3) is 44.0 Å². The summed E-state index contributed by atoms with van der Waals surface area (Å²) in [6, 6.07) is 21.1. The van der Waals surface area contributed by atoms with E-state index in [2.05, 4.69) is 49.4 Å². The maximum atomic E-state index is 13.7. The Labute approximate surface area is 174 Å². The number of nitrogens with zero attached hydrogens (tertiary/aromatic N) is 1. The van der Waals surface area contributed by atoms with Crippen LogP contribution in [0, 0.1) is 6.92 Å². The molecule has 5 aromatic rings. The van der Waals surface area contributed by atoms with Crippen molar-refractivity contribution in [1.82, 2.24) is 4.98 Å². The average Bonchev–Trinajstić information content (AvgIpc) is 3.36. The van der Waals surface area contributed by atoms with E-state index in [1.54, 1.807) is 0 Å². The van der Waals surface area contributed by atoms with Crippen LogP contribution in [0.5, 0.6) is 0 Å². The molecule has 2 heterocycles. The second kappa shape index (κ2) is 6.66. The zero-order valence-electron chi connectivity index (χ0n) is 16.9. The van der Waals surface area contributed by atoms with Gasteiger partial charge in [0.25, 0.3) is 0 Å². The topological polar surface area (TPSA) is 26.0 Å². The summed E-state index contributed by atoms with van der Waals surface area (Å²) in [6.07, 6.45) is 3.46. The van der Waals surface area contributed by atoms with Crippen LogP contribution in [0.2, 0.25) is 0 Å². The number of alkyl halides is 1. The van der Waals surface area contributed by atoms with Crippen LogP contribution in [-0.2, 0) is 0 Å². The number of hydrogen-bond donors (Lipinski definition) is 0. The van der Waals surface area contributed by atoms with Gasteiger partial charge in [-0.15, -0.1) is 0 Å². The lowest BCUT2D eigenvalue weighted by molar-refractivity contribution is 0.339. The Morgan fingerprint density at radius 2 is 1.83 bits per heavy atom. The number of para-hydroxylation sites is 1. The lowest BCUT2D eigenvalue weighted by atomic mass is 9.93. The molecule has 148 valence electrons. The molecule has 3 aromatic carbocycles. The largest absolute Gasteiger partial charge is 0.455 e. The van der Waals surface area contributed by atoms with Gasteiger partial charge in [0.05, 0.1) is 5.69 Å². The SMILES string of the molecule is Cc1cc(-c2nccc3cc(C4CCC(F)C4)ccc23)c2oc3ccccc3c2c1. The number of rotatable bonds is 2. The second-order valence-corrected chi connectivity index (χ2v) is 8.53. The highest BCUT2D eigenvalue weighted by Crippen LogP contribution is 2.40. The van der Waals surface area contributed by atoms with Crippen LogP contribution in [0.3, 0.4) is 0 Å². The van der Waals surface area contributed by atoms with Gasteiger partial charge in [0, 0.05) is 27.9 Å². The third kappa shape index (κ3) is 2.72. The molecule has 2 atom stereocenters. The van der Waals surface area contributed by atoms with Crippen molar-refractivity contribution in [3.63, 3.8) is 0 Å². The first-order valence-electron chi connectivity index (χ1n) is 10.6. The average molecular weight is 395 g/mol. The van der Waals surface area contributed by atoms with E-state index < -0.39 is 6.17 Å². The van der Waals surface area contributed by atoms with Crippen LogP contribution in [0.1, 0.15) is 36.3 Å². The zero-order valence-corrected chi connectivity index (χ0v) is 16.9. The van der Waals surface area contributed by atoms with Crippen LogP contribution in [0.15, 0.2) is 71.3 Å². The summed E-state index contributed by atoms with van der Waals surface area (Å²) in [5.41, 5.74) is 6.13. The smallest absolute Gasteiger partial charge is 0.144 e. The molecule has 30 heavy (non-hydrogen) atoms. The van der Waals surface area contributed by atoms with Gasteiger partial charge >= 0.3 is 0 Å². The Balaban J connectivity index is 1.57. The number of aryl methyl sites for hydroxylation is 1. The maximum Gasteiger partial charge on any atom is 0.144 e. The van der Waals surface area contributed by atoms with Crippen molar-refractivity contribution in [1.29, 1.82) is 0 Å². The zero-order chi connectivity index (χ0) is 20.2. The third-order valence-electron chi connectivity index (χ3n) is 6.51. The predicted octanol–water partition coefficient (Wildman–Crippen LogP) is 7.72. The molecule has 0 N–H and O–H groups in total. The number of pyridine rings is 1. The minimum absolute atomic E-state index is 0.321. The summed E-state index contributed by atoms with van der Waals surface area (Å²) in [5, 5.41) is 4.49. The molecule has 2 nitrogen and oxygen atoms in total. The van der Waals surface area contributed by atoms with E-state index in [9.17, 15) is 4.39 Å². The summed E-state index contributed by atoms with van der Waals surface area (Å²) < 4.78 is 20.0. The quantitative estimate of drug-likeness (QED) is 0.306. The van der Waals surface area contributed by atoms with Crippen molar-refractivity contribution in [2.45, 2.75) is 38.3 Å². The van der Waals surface area contributed by atoms with E-state index in [1.165, 1.54) is 11.1 Å². The van der Waals surface area contributed by atoms with Gasteiger partial charge in [-0.25, -0.2) is 4.39 Å². The normalized spacial score (nSPS) is 19.3. The van der Waals surface area contributed by atoms with Crippen molar-refractivity contribution in [2.24, 2.45) is 0 Å². The Morgan fingerprint density at radius 3 is 2.70 bits per heavy atom. The molecule has 1 aliphatic carbocycles. The van der Waals surface area contributed by atoms with Gasteiger partial charge in [-0.3, -0.25) is 4.98 Å². The lowest BCUT2D eigenvalue weighted by Crippen LogP contribution is -1.96. The van der Waals surface area contributed by atoms with E-state index >= 15 is 0 Å². The molecule has 6 rings (SSSR count). The molecular formula is C27H22FNO. The molecule has 0 radical (unpaired) electrons. The van der Waals surface area contributed by atoms with E-state index in [-0.39, 0.29) is 0 Å². The van der Waals surface area contributed by atoms with Gasteiger partial charge in [0.2, 0.25) is 0 Å². The summed E-state index contributed by atoms with van der Waals surface area (Å²) in [5.74, 6) is 0.321. The maximum absolute atomic E-state index is 13.7. The first-order chi connectivity index (χ1) is 14.7. The minimum atomic E-state index is -0.660. The van der Waals surface area contributed by atoms with Crippen LogP contribution >= 0.6 is 0 Å². The van der Waals surface area contributed by atoms with Crippen LogP contribution in [-0.4, -0.2) is 11.2 Å². The van der Waals surface area contributed by atoms with Gasteiger partial charge in [-0.05, 0) is 72.9 Å². The Kier molecular flexibility index (Phi) is 3.92. The van der Waals surface area contributed by atoms with E-state index in [1.807, 2.05) is 24.4 Å². The highest BCUT2D eigenvalue weighted by atomic mass is 19.1. The van der Waals surface area contributed by atoms with Crippen LogP contribution < -0.4 is 0 Å². The predicted molar refractivity (Wildman–Crippen MR) is 121 cm³/mol. The molecule has 0 amide bonds. The Morgan fingerprint density at radius 1 is 0.933 bits per heavy atom.